The Labute approximate surface area is 110 Å². The summed E-state index contributed by atoms with van der Waals surface area (Å²) in [5, 5.41) is 10.2. The van der Waals surface area contributed by atoms with Crippen molar-refractivity contribution in [2.45, 2.75) is 31.7 Å². The van der Waals surface area contributed by atoms with Crippen molar-refractivity contribution in [3.05, 3.63) is 0 Å². The highest BCUT2D eigenvalue weighted by Crippen LogP contribution is 2.11. The number of urea groups is 2. The Bertz CT molecular complexity index is 337. The summed E-state index contributed by atoms with van der Waals surface area (Å²) in [5.74, 6) is 9.74. The largest absolute Gasteiger partial charge is 0.481 e. The number of rotatable bonds is 8. The number of hydrogen-bond donors (Lipinski definition) is 5. The Morgan fingerprint density at radius 2 is 1.63 bits per heavy atom. The number of amides is 4. The van der Waals surface area contributed by atoms with Gasteiger partial charge in [0.2, 0.25) is 0 Å². The van der Waals surface area contributed by atoms with Crippen LogP contribution in [0, 0.1) is 0 Å². The van der Waals surface area contributed by atoms with Crippen LogP contribution in [0.2, 0.25) is 0 Å². The number of carboxylic acids is 1. The highest BCUT2D eigenvalue weighted by atomic mass is 16.4. The van der Waals surface area contributed by atoms with Gasteiger partial charge in [-0.25, -0.2) is 21.3 Å². The van der Waals surface area contributed by atoms with Crippen molar-refractivity contribution in [2.75, 3.05) is 6.54 Å². The molecule has 0 rings (SSSR count). The fraction of sp³-hybridized carbons (Fsp3) is 0.667. The average molecular weight is 276 g/mol. The normalized spacial score (nSPS) is 11.7. The first-order chi connectivity index (χ1) is 8.75. The molecule has 1 atom stereocenters. The van der Waals surface area contributed by atoms with Gasteiger partial charge in [-0.2, -0.15) is 0 Å². The molecule has 0 bridgehead atoms. The minimum atomic E-state index is -1.000. The van der Waals surface area contributed by atoms with Crippen LogP contribution >= 0.6 is 0 Å². The molecule has 0 aliphatic heterocycles. The second-order valence-corrected chi connectivity index (χ2v) is 4.01. The Morgan fingerprint density at radius 3 is 2.05 bits per heavy atom. The zero-order chi connectivity index (χ0) is 15.0. The number of nitrogens with zero attached hydrogens (tertiary/aromatic N) is 2. The lowest BCUT2D eigenvalue weighted by molar-refractivity contribution is -0.137. The van der Waals surface area contributed by atoms with E-state index in [9.17, 15) is 14.4 Å². The molecule has 9 N–H and O–H groups in total. The quantitative estimate of drug-likeness (QED) is 0.204. The number of carbonyl (C=O) groups excluding carboxylic acids is 2. The smallest absolute Gasteiger partial charge is 0.329 e. The van der Waals surface area contributed by atoms with Crippen molar-refractivity contribution in [3.63, 3.8) is 0 Å². The zero-order valence-corrected chi connectivity index (χ0v) is 10.5. The Hall–Kier alpha value is -2.07. The lowest BCUT2D eigenvalue weighted by Crippen LogP contribution is -2.49. The maximum absolute atomic E-state index is 11.0. The van der Waals surface area contributed by atoms with E-state index in [0.717, 1.165) is 10.0 Å². The predicted molar refractivity (Wildman–Crippen MR) is 66.0 cm³/mol. The SMILES string of the molecule is NC(=O)N(N)CCC[C@@H](CCC(=O)O)N(N)C(N)=O. The van der Waals surface area contributed by atoms with Gasteiger partial charge in [0.1, 0.15) is 0 Å². The number of nitrogens with two attached hydrogens (primary N) is 4. The summed E-state index contributed by atoms with van der Waals surface area (Å²) >= 11 is 0. The zero-order valence-electron chi connectivity index (χ0n) is 10.5. The van der Waals surface area contributed by atoms with Gasteiger partial charge in [0.05, 0.1) is 6.04 Å². The molecule has 0 aromatic carbocycles. The molecule has 19 heavy (non-hydrogen) atoms. The van der Waals surface area contributed by atoms with E-state index in [2.05, 4.69) is 0 Å². The molecule has 0 saturated carbocycles. The minimum absolute atomic E-state index is 0.145. The van der Waals surface area contributed by atoms with Crippen LogP contribution < -0.4 is 23.2 Å². The first-order valence-corrected chi connectivity index (χ1v) is 5.62. The molecule has 0 spiro atoms. The Morgan fingerprint density at radius 1 is 1.05 bits per heavy atom. The molecule has 0 radical (unpaired) electrons. The maximum Gasteiger partial charge on any atom is 0.329 e. The van der Waals surface area contributed by atoms with E-state index in [1.165, 1.54) is 0 Å². The third-order valence-corrected chi connectivity index (χ3v) is 2.56. The van der Waals surface area contributed by atoms with E-state index >= 15 is 0 Å². The van der Waals surface area contributed by atoms with Crippen LogP contribution in [0.1, 0.15) is 25.7 Å². The molecule has 0 heterocycles. The topological polar surface area (TPSA) is 182 Å². The molecule has 10 nitrogen and oxygen atoms in total. The van der Waals surface area contributed by atoms with Gasteiger partial charge in [0, 0.05) is 13.0 Å². The van der Waals surface area contributed by atoms with Crippen LogP contribution in [-0.4, -0.2) is 45.7 Å². The molecule has 0 fully saturated rings. The summed E-state index contributed by atoms with van der Waals surface area (Å²) in [6.45, 7) is 0.172. The summed E-state index contributed by atoms with van der Waals surface area (Å²) in [6.07, 6.45) is 0.780. The molecular formula is C9H20N6O4. The van der Waals surface area contributed by atoms with Crippen molar-refractivity contribution < 1.29 is 19.5 Å². The Kier molecular flexibility index (Phi) is 7.22. The molecule has 0 aromatic rings. The van der Waals surface area contributed by atoms with Crippen LogP contribution in [-0.2, 0) is 4.79 Å². The third kappa shape index (κ3) is 7.06. The van der Waals surface area contributed by atoms with E-state index in [4.69, 9.17) is 28.3 Å². The highest BCUT2D eigenvalue weighted by Gasteiger charge is 2.20. The van der Waals surface area contributed by atoms with Crippen molar-refractivity contribution >= 4 is 18.0 Å². The predicted octanol–water partition coefficient (Wildman–Crippen LogP) is -1.49. The van der Waals surface area contributed by atoms with Gasteiger partial charge in [-0.1, -0.05) is 0 Å². The number of hydrogen-bond acceptors (Lipinski definition) is 5. The molecule has 0 aromatic heterocycles. The van der Waals surface area contributed by atoms with Crippen LogP contribution in [0.15, 0.2) is 0 Å². The molecule has 0 aliphatic rings. The van der Waals surface area contributed by atoms with Gasteiger partial charge in [0.15, 0.2) is 0 Å². The van der Waals surface area contributed by atoms with Gasteiger partial charge in [-0.15, -0.1) is 0 Å². The monoisotopic (exact) mass is 276 g/mol. The van der Waals surface area contributed by atoms with Gasteiger partial charge in [-0.3, -0.25) is 14.8 Å². The number of aliphatic carboxylic acids is 1. The summed E-state index contributed by atoms with van der Waals surface area (Å²) in [5.41, 5.74) is 9.96. The Balaban J connectivity index is 4.30. The van der Waals surface area contributed by atoms with Gasteiger partial charge in [0.25, 0.3) is 0 Å². The van der Waals surface area contributed by atoms with E-state index in [-0.39, 0.29) is 19.4 Å². The van der Waals surface area contributed by atoms with Gasteiger partial charge < -0.3 is 16.6 Å². The first-order valence-electron chi connectivity index (χ1n) is 5.62. The molecule has 0 saturated heterocycles. The lowest BCUT2D eigenvalue weighted by Gasteiger charge is -2.26. The van der Waals surface area contributed by atoms with E-state index < -0.39 is 24.1 Å². The minimum Gasteiger partial charge on any atom is -0.481 e. The molecule has 0 aliphatic carbocycles. The summed E-state index contributed by atoms with van der Waals surface area (Å²) in [4.78, 5) is 32.1. The fourth-order valence-corrected chi connectivity index (χ4v) is 1.50. The molecule has 10 heteroatoms. The number of hydrazine groups is 2. The van der Waals surface area contributed by atoms with Crippen molar-refractivity contribution in [1.82, 2.24) is 10.0 Å². The summed E-state index contributed by atoms with van der Waals surface area (Å²) in [7, 11) is 0. The highest BCUT2D eigenvalue weighted by molar-refractivity contribution is 5.72. The number of primary amides is 2. The maximum atomic E-state index is 11.0. The van der Waals surface area contributed by atoms with E-state index in [0.29, 0.717) is 12.8 Å². The standard InChI is InChI=1S/C9H20N6O4/c10-8(18)14(12)5-1-2-6(3-4-7(16)17)15(13)9(11)19/h6H,1-5,12-13H2,(H2,10,18)(H2,11,19)(H,16,17)/t6-/m0/s1. The van der Waals surface area contributed by atoms with Crippen molar-refractivity contribution in [3.8, 4) is 0 Å². The number of carbonyl (C=O) groups is 3. The molecule has 0 unspecified atom stereocenters. The van der Waals surface area contributed by atoms with Crippen LogP contribution in [0.4, 0.5) is 9.59 Å². The molecular weight excluding hydrogens is 256 g/mol. The van der Waals surface area contributed by atoms with E-state index in [1.54, 1.807) is 0 Å². The van der Waals surface area contributed by atoms with Crippen molar-refractivity contribution in [1.29, 1.82) is 0 Å². The molecule has 4 amide bonds. The third-order valence-electron chi connectivity index (χ3n) is 2.56. The molecule has 110 valence electrons. The van der Waals surface area contributed by atoms with Gasteiger partial charge >= 0.3 is 18.0 Å². The van der Waals surface area contributed by atoms with Gasteiger partial charge in [-0.05, 0) is 19.3 Å². The van der Waals surface area contributed by atoms with Crippen molar-refractivity contribution in [2.24, 2.45) is 23.2 Å². The second-order valence-electron chi connectivity index (χ2n) is 4.01. The van der Waals surface area contributed by atoms with Crippen LogP contribution in [0.25, 0.3) is 0 Å². The summed E-state index contributed by atoms with van der Waals surface area (Å²) < 4.78 is 0. The first kappa shape index (κ1) is 16.9. The average Bonchev–Trinajstić information content (AvgIpc) is 2.31. The van der Waals surface area contributed by atoms with E-state index in [1.807, 2.05) is 0 Å². The number of carboxylic acid groups (broad SMARTS) is 1. The second kappa shape index (κ2) is 8.11. The lowest BCUT2D eigenvalue weighted by atomic mass is 10.1. The summed E-state index contributed by atoms with van der Waals surface area (Å²) in [6, 6.07) is -2.16. The fourth-order valence-electron chi connectivity index (χ4n) is 1.50. The van der Waals surface area contributed by atoms with Crippen LogP contribution in [0.5, 0.6) is 0 Å². The van der Waals surface area contributed by atoms with Crippen LogP contribution in [0.3, 0.4) is 0 Å².